The largest absolute Gasteiger partial charge is 0.508 e. The molecule has 1 heterocycles. The van der Waals surface area contributed by atoms with Gasteiger partial charge in [0.1, 0.15) is 5.75 Å². The highest BCUT2D eigenvalue weighted by Crippen LogP contribution is 2.30. The zero-order valence-corrected chi connectivity index (χ0v) is 10.2. The fourth-order valence-corrected chi connectivity index (χ4v) is 1.76. The van der Waals surface area contributed by atoms with Crippen LogP contribution in [0.1, 0.15) is 0 Å². The molecule has 0 aliphatic heterocycles. The molecule has 0 unspecified atom stereocenters. The minimum atomic E-state index is -0.264. The molecule has 0 amide bonds. The fourth-order valence-electron chi connectivity index (χ4n) is 1.76. The van der Waals surface area contributed by atoms with E-state index in [2.05, 4.69) is 10.1 Å². The van der Waals surface area contributed by atoms with Gasteiger partial charge in [-0.25, -0.2) is 0 Å². The maximum absolute atomic E-state index is 9.45. The van der Waals surface area contributed by atoms with Crippen LogP contribution < -0.4 is 0 Å². The van der Waals surface area contributed by atoms with Gasteiger partial charge < -0.3 is 19.8 Å². The van der Waals surface area contributed by atoms with Crippen molar-refractivity contribution >= 4 is 0 Å². The third kappa shape index (κ3) is 2.14. The molecule has 1 aromatic heterocycles. The Morgan fingerprint density at radius 1 is 0.850 bits per heavy atom. The summed E-state index contributed by atoms with van der Waals surface area (Å²) in [6.45, 7) is 0. The lowest BCUT2D eigenvalue weighted by Crippen LogP contribution is -1.81. The van der Waals surface area contributed by atoms with Gasteiger partial charge in [-0.3, -0.25) is 0 Å². The summed E-state index contributed by atoms with van der Waals surface area (Å²) in [7, 11) is 0. The first-order valence-electron chi connectivity index (χ1n) is 5.79. The van der Waals surface area contributed by atoms with Crippen LogP contribution >= 0.6 is 0 Å². The number of hydrogen-bond acceptors (Lipinski definition) is 6. The van der Waals surface area contributed by atoms with E-state index in [4.69, 9.17) is 4.52 Å². The van der Waals surface area contributed by atoms with Crippen LogP contribution in [0.15, 0.2) is 47.0 Å². The molecule has 0 bridgehead atoms. The van der Waals surface area contributed by atoms with Crippen molar-refractivity contribution in [3.63, 3.8) is 0 Å². The van der Waals surface area contributed by atoms with Crippen molar-refractivity contribution < 1.29 is 19.8 Å². The number of rotatable bonds is 2. The normalized spacial score (nSPS) is 10.6. The summed E-state index contributed by atoms with van der Waals surface area (Å²) in [5, 5.41) is 31.9. The molecular weight excluding hydrogens is 260 g/mol. The summed E-state index contributed by atoms with van der Waals surface area (Å²) < 4.78 is 5.10. The van der Waals surface area contributed by atoms with E-state index in [1.807, 2.05) is 0 Å². The van der Waals surface area contributed by atoms with E-state index in [9.17, 15) is 15.3 Å². The van der Waals surface area contributed by atoms with Gasteiger partial charge in [-0.2, -0.15) is 4.98 Å². The molecule has 6 heteroatoms. The lowest BCUT2D eigenvalue weighted by atomic mass is 10.2. The van der Waals surface area contributed by atoms with E-state index in [1.54, 1.807) is 24.3 Å². The Hall–Kier alpha value is -3.02. The van der Waals surface area contributed by atoms with Crippen LogP contribution in [0.25, 0.3) is 22.8 Å². The molecule has 0 aliphatic carbocycles. The predicted molar refractivity (Wildman–Crippen MR) is 70.2 cm³/mol. The second-order valence-corrected chi connectivity index (χ2v) is 4.18. The monoisotopic (exact) mass is 270 g/mol. The molecule has 3 rings (SSSR count). The minimum Gasteiger partial charge on any atom is -0.508 e. The maximum atomic E-state index is 9.45. The van der Waals surface area contributed by atoms with E-state index >= 15 is 0 Å². The predicted octanol–water partition coefficient (Wildman–Crippen LogP) is 2.52. The molecule has 0 atom stereocenters. The molecule has 0 saturated heterocycles. The summed E-state index contributed by atoms with van der Waals surface area (Å²) in [5.41, 5.74) is 1.10. The van der Waals surface area contributed by atoms with E-state index in [-0.39, 0.29) is 23.1 Å². The fraction of sp³-hybridized carbons (Fsp3) is 0. The van der Waals surface area contributed by atoms with Gasteiger partial charge in [0.2, 0.25) is 5.82 Å². The number of aromatic nitrogens is 2. The van der Waals surface area contributed by atoms with Gasteiger partial charge in [-0.1, -0.05) is 17.3 Å². The average molecular weight is 270 g/mol. The zero-order valence-electron chi connectivity index (χ0n) is 10.2. The lowest BCUT2D eigenvalue weighted by Gasteiger charge is -1.98. The van der Waals surface area contributed by atoms with Crippen LogP contribution in [0.4, 0.5) is 0 Å². The van der Waals surface area contributed by atoms with Crippen molar-refractivity contribution in [2.75, 3.05) is 0 Å². The minimum absolute atomic E-state index is 0.108. The summed E-state index contributed by atoms with van der Waals surface area (Å²) in [4.78, 5) is 4.18. The molecule has 0 aliphatic rings. The van der Waals surface area contributed by atoms with E-state index in [1.165, 1.54) is 18.2 Å². The molecule has 0 radical (unpaired) electrons. The van der Waals surface area contributed by atoms with Crippen LogP contribution in [-0.4, -0.2) is 25.5 Å². The molecule has 2 aromatic carbocycles. The van der Waals surface area contributed by atoms with Gasteiger partial charge in [0.15, 0.2) is 11.5 Å². The number of phenolic OH excluding ortho intramolecular Hbond substituents is 3. The molecule has 20 heavy (non-hydrogen) atoms. The van der Waals surface area contributed by atoms with Crippen LogP contribution in [-0.2, 0) is 0 Å². The van der Waals surface area contributed by atoms with Gasteiger partial charge in [0, 0.05) is 11.1 Å². The summed E-state index contributed by atoms with van der Waals surface area (Å²) in [6, 6.07) is 10.7. The van der Waals surface area contributed by atoms with E-state index in [0.29, 0.717) is 17.0 Å². The number of aromatic hydroxyl groups is 3. The van der Waals surface area contributed by atoms with Crippen molar-refractivity contribution in [1.82, 2.24) is 10.1 Å². The molecule has 0 spiro atoms. The first-order chi connectivity index (χ1) is 9.63. The van der Waals surface area contributed by atoms with Gasteiger partial charge in [-0.15, -0.1) is 0 Å². The number of nitrogens with zero attached hydrogens (tertiary/aromatic N) is 2. The topological polar surface area (TPSA) is 99.6 Å². The quantitative estimate of drug-likeness (QED) is 0.619. The van der Waals surface area contributed by atoms with Gasteiger partial charge in [-0.05, 0) is 30.3 Å². The highest BCUT2D eigenvalue weighted by molar-refractivity contribution is 5.63. The average Bonchev–Trinajstić information content (AvgIpc) is 2.92. The third-order valence-electron chi connectivity index (χ3n) is 2.75. The number of benzene rings is 2. The second-order valence-electron chi connectivity index (χ2n) is 4.18. The Morgan fingerprint density at radius 2 is 1.70 bits per heavy atom. The van der Waals surface area contributed by atoms with E-state index in [0.717, 1.165) is 0 Å². The SMILES string of the molecule is Oc1cccc(-c2noc(-c3ccc(O)c(O)c3)n2)c1. The molecule has 0 saturated carbocycles. The smallest absolute Gasteiger partial charge is 0.258 e. The molecular formula is C14H10N2O4. The van der Waals surface area contributed by atoms with Crippen molar-refractivity contribution in [2.45, 2.75) is 0 Å². The summed E-state index contributed by atoms with van der Waals surface area (Å²) in [5.74, 6) is 0.152. The first kappa shape index (κ1) is 12.0. The molecule has 0 fully saturated rings. The van der Waals surface area contributed by atoms with Gasteiger partial charge >= 0.3 is 0 Å². The van der Waals surface area contributed by atoms with Crippen molar-refractivity contribution in [3.05, 3.63) is 42.5 Å². The lowest BCUT2D eigenvalue weighted by molar-refractivity contribution is 0.402. The Balaban J connectivity index is 1.99. The van der Waals surface area contributed by atoms with Crippen LogP contribution in [0.5, 0.6) is 17.2 Å². The van der Waals surface area contributed by atoms with Gasteiger partial charge in [0.25, 0.3) is 5.89 Å². The summed E-state index contributed by atoms with van der Waals surface area (Å²) in [6.07, 6.45) is 0. The second kappa shape index (κ2) is 4.58. The van der Waals surface area contributed by atoms with Crippen LogP contribution in [0.2, 0.25) is 0 Å². The van der Waals surface area contributed by atoms with Crippen molar-refractivity contribution in [2.24, 2.45) is 0 Å². The Morgan fingerprint density at radius 3 is 2.45 bits per heavy atom. The Bertz CT molecular complexity index is 767. The summed E-state index contributed by atoms with van der Waals surface area (Å²) >= 11 is 0. The van der Waals surface area contributed by atoms with Crippen LogP contribution in [0, 0.1) is 0 Å². The maximum Gasteiger partial charge on any atom is 0.258 e. The highest BCUT2D eigenvalue weighted by atomic mass is 16.5. The van der Waals surface area contributed by atoms with Crippen molar-refractivity contribution in [1.29, 1.82) is 0 Å². The molecule has 100 valence electrons. The zero-order chi connectivity index (χ0) is 14.1. The first-order valence-corrected chi connectivity index (χ1v) is 5.79. The standard InChI is InChI=1S/C14H10N2O4/c17-10-3-1-2-8(6-10)13-15-14(20-16-13)9-4-5-11(18)12(19)7-9/h1-7,17-19H. The number of hydrogen-bond donors (Lipinski definition) is 3. The van der Waals surface area contributed by atoms with Crippen LogP contribution in [0.3, 0.4) is 0 Å². The molecule has 3 N–H and O–H groups in total. The Kier molecular flexibility index (Phi) is 2.76. The Labute approximate surface area is 113 Å². The molecule has 6 nitrogen and oxygen atoms in total. The highest BCUT2D eigenvalue weighted by Gasteiger charge is 2.12. The number of phenols is 3. The van der Waals surface area contributed by atoms with Crippen molar-refractivity contribution in [3.8, 4) is 40.1 Å². The van der Waals surface area contributed by atoms with E-state index < -0.39 is 0 Å². The third-order valence-corrected chi connectivity index (χ3v) is 2.75. The molecule has 3 aromatic rings. The van der Waals surface area contributed by atoms with Gasteiger partial charge in [0.05, 0.1) is 0 Å².